The minimum atomic E-state index is -3.85. The van der Waals surface area contributed by atoms with Gasteiger partial charge in [-0.1, -0.05) is 23.6 Å². The molecule has 1 amide bonds. The zero-order valence-corrected chi connectivity index (χ0v) is 33.9. The maximum atomic E-state index is 15.5. The monoisotopic (exact) mass is 886 g/mol. The van der Waals surface area contributed by atoms with Gasteiger partial charge in [0.25, 0.3) is 12.3 Å². The van der Waals surface area contributed by atoms with E-state index in [-0.39, 0.29) is 62.7 Å². The molecule has 14 nitrogen and oxygen atoms in total. The third-order valence-corrected chi connectivity index (χ3v) is 11.5. The molecule has 2 aromatic carbocycles. The van der Waals surface area contributed by atoms with Crippen molar-refractivity contribution in [1.82, 2.24) is 44.6 Å². The molecule has 1 fully saturated rings. The van der Waals surface area contributed by atoms with Crippen LogP contribution >= 0.6 is 11.6 Å². The number of nitrogens with zero attached hydrogens (tertiary/aromatic N) is 7. The van der Waals surface area contributed by atoms with E-state index in [1.165, 1.54) is 34.8 Å². The number of rotatable bonds is 11. The predicted molar refractivity (Wildman–Crippen MR) is 209 cm³/mol. The summed E-state index contributed by atoms with van der Waals surface area (Å²) in [6, 6.07) is 7.45. The van der Waals surface area contributed by atoms with E-state index in [9.17, 15) is 35.6 Å². The normalized spacial score (nSPS) is 17.2. The van der Waals surface area contributed by atoms with Gasteiger partial charge in [0.05, 0.1) is 33.9 Å². The highest BCUT2D eigenvalue weighted by Gasteiger charge is 2.67. The number of fused-ring (bicyclic) bond motifs is 4. The van der Waals surface area contributed by atoms with E-state index in [1.807, 2.05) is 0 Å². The van der Waals surface area contributed by atoms with E-state index >= 15 is 8.78 Å². The second-order valence-corrected chi connectivity index (χ2v) is 17.6. The number of aromatic nitrogens is 8. The summed E-state index contributed by atoms with van der Waals surface area (Å²) in [6.07, 6.45) is -1.36. The fourth-order valence-electron chi connectivity index (χ4n) is 7.94. The number of benzene rings is 2. The molecule has 8 rings (SSSR count). The first-order valence-corrected chi connectivity index (χ1v) is 20.7. The van der Waals surface area contributed by atoms with Gasteiger partial charge < -0.3 is 5.32 Å². The van der Waals surface area contributed by atoms with Gasteiger partial charge in [0.15, 0.2) is 5.82 Å². The molecular formula is C39H33ClF6N10O4S. The van der Waals surface area contributed by atoms with Crippen LogP contribution in [0.3, 0.4) is 0 Å². The van der Waals surface area contributed by atoms with E-state index in [2.05, 4.69) is 42.3 Å². The number of pyridine rings is 1. The lowest BCUT2D eigenvalue weighted by Gasteiger charge is -2.23. The van der Waals surface area contributed by atoms with Crippen molar-refractivity contribution in [3.63, 3.8) is 0 Å². The number of hydrogen-bond donors (Lipinski definition) is 3. The van der Waals surface area contributed by atoms with Crippen LogP contribution in [0.1, 0.15) is 72.6 Å². The molecule has 22 heteroatoms. The second-order valence-electron chi connectivity index (χ2n) is 15.4. The van der Waals surface area contributed by atoms with Crippen LogP contribution in [0.5, 0.6) is 0 Å². The largest absolute Gasteiger partial charge is 0.346 e. The van der Waals surface area contributed by atoms with Gasteiger partial charge in [-0.05, 0) is 74.4 Å². The molecule has 4 aromatic heterocycles. The number of carbonyl (C=O) groups excluding carboxylic acids is 1. The summed E-state index contributed by atoms with van der Waals surface area (Å²) in [5.41, 5.74) is -2.56. The molecule has 0 bridgehead atoms. The highest BCUT2D eigenvalue weighted by molar-refractivity contribution is 7.92. The van der Waals surface area contributed by atoms with E-state index in [0.717, 1.165) is 18.4 Å². The minimum Gasteiger partial charge on any atom is -0.346 e. The first-order chi connectivity index (χ1) is 28.6. The smallest absolute Gasteiger partial charge is 0.344 e. The number of aryl methyl sites for hydroxylation is 1. The van der Waals surface area contributed by atoms with Crippen molar-refractivity contribution < 1.29 is 39.6 Å². The maximum Gasteiger partial charge on any atom is 0.344 e. The molecule has 1 unspecified atom stereocenters. The number of amides is 1. The Labute approximate surface area is 347 Å². The lowest BCUT2D eigenvalue weighted by Crippen LogP contribution is -2.35. The molecule has 1 saturated carbocycles. The molecule has 61 heavy (non-hydrogen) atoms. The molecule has 318 valence electrons. The molecule has 4 heterocycles. The Morgan fingerprint density at radius 1 is 1.08 bits per heavy atom. The summed E-state index contributed by atoms with van der Waals surface area (Å²) in [5.74, 6) is -2.63. The van der Waals surface area contributed by atoms with Crippen LogP contribution in [0.4, 0.5) is 32.2 Å². The van der Waals surface area contributed by atoms with Crippen molar-refractivity contribution in [3.05, 3.63) is 110 Å². The fourth-order valence-corrected chi connectivity index (χ4v) is 8.67. The Bertz CT molecular complexity index is 3000. The van der Waals surface area contributed by atoms with Gasteiger partial charge in [0.1, 0.15) is 47.1 Å². The highest BCUT2D eigenvalue weighted by Crippen LogP contribution is 2.68. The summed E-state index contributed by atoms with van der Waals surface area (Å²) >= 11 is 6.62. The van der Waals surface area contributed by atoms with Crippen molar-refractivity contribution in [1.29, 1.82) is 0 Å². The first-order valence-electron chi connectivity index (χ1n) is 18.4. The van der Waals surface area contributed by atoms with Gasteiger partial charge in [-0.2, -0.15) is 24.1 Å². The van der Waals surface area contributed by atoms with Crippen molar-refractivity contribution >= 4 is 44.3 Å². The number of hydrogen-bond acceptors (Lipinski definition) is 8. The first kappa shape index (κ1) is 41.6. The molecule has 3 N–H and O–H groups in total. The standard InChI is InChI=1S/C39H33ClF6N10O4S/c1-38(2,55-17-47-50-37(55)58)10-9-21-5-6-22(23-7-8-26(40)30-33(23)54(3)52-36(30)53-61(4,59)60)31(48-21)27(13-18-11-19(41)14-20(42)12-18)49-28(57)16-56-34-29(32(51-56)35(43)44)24-15-25(24)39(34,45)46/h5-8,11-12,14,17,24-25,27,35H,13,15-16H2,1-4H3,(H,49,57)(H,50,58)(H,52,53)/t24-,25?,27-/m0/s1. The van der Waals surface area contributed by atoms with Crippen molar-refractivity contribution in [2.24, 2.45) is 13.0 Å². The molecule has 0 radical (unpaired) electrons. The molecule has 0 spiro atoms. The molecule has 2 aliphatic carbocycles. The van der Waals surface area contributed by atoms with Gasteiger partial charge in [-0.25, -0.2) is 40.9 Å². The van der Waals surface area contributed by atoms with Crippen LogP contribution in [0.25, 0.3) is 22.0 Å². The topological polar surface area (TPSA) is 174 Å². The fraction of sp³-hybridized carbons (Fsp3) is 0.333. The van der Waals surface area contributed by atoms with Gasteiger partial charge in [-0.15, -0.1) is 0 Å². The molecular weight excluding hydrogens is 854 g/mol. The molecule has 0 saturated heterocycles. The number of sulfonamides is 1. The zero-order chi connectivity index (χ0) is 43.9. The Hall–Kier alpha value is -6.14. The average Bonchev–Trinajstić information content (AvgIpc) is 3.37. The van der Waals surface area contributed by atoms with E-state index in [4.69, 9.17) is 16.6 Å². The second kappa shape index (κ2) is 14.8. The van der Waals surface area contributed by atoms with Crippen molar-refractivity contribution in [2.45, 2.75) is 63.1 Å². The molecule has 3 atom stereocenters. The number of anilines is 1. The van der Waals surface area contributed by atoms with Crippen LogP contribution < -0.4 is 15.7 Å². The number of H-pyrrole nitrogens is 1. The molecule has 0 aliphatic heterocycles. The Kier molecular flexibility index (Phi) is 10.1. The van der Waals surface area contributed by atoms with Crippen LogP contribution in [0.15, 0.2) is 53.6 Å². The summed E-state index contributed by atoms with van der Waals surface area (Å²) in [7, 11) is -2.33. The number of alkyl halides is 4. The van der Waals surface area contributed by atoms with E-state index in [1.54, 1.807) is 26.0 Å². The van der Waals surface area contributed by atoms with Crippen LogP contribution in [-0.2, 0) is 46.3 Å². The number of carbonyl (C=O) groups is 1. The third-order valence-electron chi connectivity index (χ3n) is 10.6. The Morgan fingerprint density at radius 2 is 1.79 bits per heavy atom. The molecule has 2 aliphatic rings. The van der Waals surface area contributed by atoms with Gasteiger partial charge >= 0.3 is 5.69 Å². The Morgan fingerprint density at radius 3 is 2.44 bits per heavy atom. The van der Waals surface area contributed by atoms with Crippen LogP contribution in [0, 0.1) is 29.4 Å². The number of halogens is 7. The zero-order valence-electron chi connectivity index (χ0n) is 32.4. The predicted octanol–water partition coefficient (Wildman–Crippen LogP) is 6.05. The third kappa shape index (κ3) is 7.73. The van der Waals surface area contributed by atoms with Crippen molar-refractivity contribution in [2.75, 3.05) is 11.0 Å². The van der Waals surface area contributed by atoms with Crippen LogP contribution in [-0.4, -0.2) is 59.9 Å². The van der Waals surface area contributed by atoms with Gasteiger partial charge in [0.2, 0.25) is 15.9 Å². The maximum absolute atomic E-state index is 15.5. The molecule has 6 aromatic rings. The van der Waals surface area contributed by atoms with Gasteiger partial charge in [0, 0.05) is 35.7 Å². The average molecular weight is 887 g/mol. The van der Waals surface area contributed by atoms with Crippen molar-refractivity contribution in [3.8, 4) is 23.0 Å². The SMILES string of the molecule is Cn1nc(NS(C)(=O)=O)c2c(Cl)ccc(-c3ccc(C#CC(C)(C)n4cn[nH]c4=O)nc3[C@H](Cc3cc(F)cc(F)c3)NC(=O)Cn3nc(C(F)F)c4c3C(F)(F)C3C[C@H]43)c21. The quantitative estimate of drug-likeness (QED) is 0.104. The van der Waals surface area contributed by atoms with E-state index < -0.39 is 87.0 Å². The lowest BCUT2D eigenvalue weighted by atomic mass is 9.93. The summed E-state index contributed by atoms with van der Waals surface area (Å²) in [5, 5.41) is 17.1. The number of nitrogens with one attached hydrogen (secondary N) is 3. The lowest BCUT2D eigenvalue weighted by molar-refractivity contribution is -0.123. The summed E-state index contributed by atoms with van der Waals surface area (Å²) < 4.78 is 119. The summed E-state index contributed by atoms with van der Waals surface area (Å²) in [4.78, 5) is 31.3. The number of aromatic amines is 1. The summed E-state index contributed by atoms with van der Waals surface area (Å²) in [6.45, 7) is 2.34. The van der Waals surface area contributed by atoms with E-state index in [0.29, 0.717) is 16.3 Å². The van der Waals surface area contributed by atoms with Crippen LogP contribution in [0.2, 0.25) is 5.02 Å². The highest BCUT2D eigenvalue weighted by atomic mass is 35.5. The minimum absolute atomic E-state index is 0.00794. The van der Waals surface area contributed by atoms with Gasteiger partial charge in [-0.3, -0.25) is 23.4 Å². The Balaban J connectivity index is 1.29.